The fourth-order valence-electron chi connectivity index (χ4n) is 1.54. The molecule has 1 rings (SSSR count). The monoisotopic (exact) mass is 253 g/mol. The molecule has 0 fully saturated rings. The molecule has 18 heavy (non-hydrogen) atoms. The van der Waals surface area contributed by atoms with E-state index in [2.05, 4.69) is 5.32 Å². The van der Waals surface area contributed by atoms with Gasteiger partial charge in [-0.15, -0.1) is 0 Å². The molecule has 1 unspecified atom stereocenters. The maximum atomic E-state index is 9.73. The maximum Gasteiger partial charge on any atom is 0.0945 e. The molecular formula is C14H23NO3. The summed E-state index contributed by atoms with van der Waals surface area (Å²) in [7, 11) is 0. The summed E-state index contributed by atoms with van der Waals surface area (Å²) in [5.41, 5.74) is 2.22. The van der Waals surface area contributed by atoms with Crippen molar-refractivity contribution in [2.45, 2.75) is 20.0 Å². The van der Waals surface area contributed by atoms with Crippen LogP contribution in [0.2, 0.25) is 0 Å². The molecule has 0 saturated carbocycles. The van der Waals surface area contributed by atoms with Gasteiger partial charge in [0, 0.05) is 18.8 Å². The summed E-state index contributed by atoms with van der Waals surface area (Å²) in [6, 6.07) is 8.00. The number of hydrogen-bond acceptors (Lipinski definition) is 4. The molecule has 0 saturated heterocycles. The fourth-order valence-corrected chi connectivity index (χ4v) is 1.54. The van der Waals surface area contributed by atoms with Crippen LogP contribution in [0.1, 0.15) is 12.5 Å². The van der Waals surface area contributed by atoms with Crippen LogP contribution >= 0.6 is 0 Å². The molecule has 0 aliphatic rings. The van der Waals surface area contributed by atoms with Crippen molar-refractivity contribution < 1.29 is 14.6 Å². The molecular weight excluding hydrogens is 230 g/mol. The van der Waals surface area contributed by atoms with E-state index >= 15 is 0 Å². The van der Waals surface area contributed by atoms with Gasteiger partial charge in [-0.25, -0.2) is 0 Å². The Balaban J connectivity index is 2.13. The summed E-state index contributed by atoms with van der Waals surface area (Å²) in [5, 5.41) is 12.9. The molecule has 1 aromatic carbocycles. The van der Waals surface area contributed by atoms with Crippen molar-refractivity contribution >= 4 is 5.69 Å². The molecule has 4 nitrogen and oxygen atoms in total. The summed E-state index contributed by atoms with van der Waals surface area (Å²) in [4.78, 5) is 0. The third kappa shape index (κ3) is 6.00. The topological polar surface area (TPSA) is 50.7 Å². The summed E-state index contributed by atoms with van der Waals surface area (Å²) in [6.07, 6.45) is -0.508. The lowest BCUT2D eigenvalue weighted by Gasteiger charge is -2.14. The minimum absolute atomic E-state index is 0.325. The van der Waals surface area contributed by atoms with E-state index in [4.69, 9.17) is 9.47 Å². The first-order chi connectivity index (χ1) is 8.74. The number of aliphatic hydroxyl groups excluding tert-OH is 1. The number of hydrogen-bond donors (Lipinski definition) is 2. The van der Waals surface area contributed by atoms with Crippen LogP contribution in [0.5, 0.6) is 0 Å². The van der Waals surface area contributed by atoms with E-state index < -0.39 is 6.10 Å². The molecule has 0 bridgehead atoms. The first-order valence-corrected chi connectivity index (χ1v) is 6.37. The van der Waals surface area contributed by atoms with Crippen molar-refractivity contribution in [1.29, 1.82) is 0 Å². The quantitative estimate of drug-likeness (QED) is 0.659. The Morgan fingerprint density at radius 1 is 1.22 bits per heavy atom. The molecule has 0 aromatic heterocycles. The molecule has 2 N–H and O–H groups in total. The standard InChI is InChI=1S/C14H23NO3/c1-3-17-8-9-18-11-13(16)10-15-14-7-5-4-6-12(14)2/h4-7,13,15-16H,3,8-11H2,1-2H3. The molecule has 0 aliphatic heterocycles. The smallest absolute Gasteiger partial charge is 0.0945 e. The summed E-state index contributed by atoms with van der Waals surface area (Å²) in [6.45, 7) is 6.59. The summed E-state index contributed by atoms with van der Waals surface area (Å²) < 4.78 is 10.4. The maximum absolute atomic E-state index is 9.73. The van der Waals surface area contributed by atoms with Gasteiger partial charge in [-0.1, -0.05) is 18.2 Å². The zero-order valence-electron chi connectivity index (χ0n) is 11.2. The van der Waals surface area contributed by atoms with E-state index in [0.717, 1.165) is 5.69 Å². The number of anilines is 1. The van der Waals surface area contributed by atoms with Crippen LogP contribution in [0.25, 0.3) is 0 Å². The van der Waals surface area contributed by atoms with Gasteiger partial charge < -0.3 is 19.9 Å². The zero-order valence-corrected chi connectivity index (χ0v) is 11.2. The number of aryl methyl sites for hydroxylation is 1. The van der Waals surface area contributed by atoms with Crippen molar-refractivity contribution in [2.24, 2.45) is 0 Å². The SMILES string of the molecule is CCOCCOCC(O)CNc1ccccc1C. The van der Waals surface area contributed by atoms with Gasteiger partial charge in [-0.05, 0) is 25.5 Å². The van der Waals surface area contributed by atoms with Gasteiger partial charge >= 0.3 is 0 Å². The minimum Gasteiger partial charge on any atom is -0.389 e. The Morgan fingerprint density at radius 2 is 1.94 bits per heavy atom. The van der Waals surface area contributed by atoms with Crippen molar-refractivity contribution in [3.63, 3.8) is 0 Å². The molecule has 0 spiro atoms. The van der Waals surface area contributed by atoms with Gasteiger partial charge in [0.15, 0.2) is 0 Å². The normalized spacial score (nSPS) is 12.4. The fraction of sp³-hybridized carbons (Fsp3) is 0.571. The van der Waals surface area contributed by atoms with E-state index in [0.29, 0.717) is 33.0 Å². The van der Waals surface area contributed by atoms with E-state index in [1.165, 1.54) is 5.56 Å². The molecule has 0 radical (unpaired) electrons. The van der Waals surface area contributed by atoms with Gasteiger partial charge in [-0.2, -0.15) is 0 Å². The molecule has 0 amide bonds. The van der Waals surface area contributed by atoms with Crippen molar-refractivity contribution in [1.82, 2.24) is 0 Å². The number of para-hydroxylation sites is 1. The van der Waals surface area contributed by atoms with Gasteiger partial charge in [-0.3, -0.25) is 0 Å². The molecule has 0 heterocycles. The molecule has 0 aliphatic carbocycles. The van der Waals surface area contributed by atoms with Gasteiger partial charge in [0.05, 0.1) is 25.9 Å². The number of nitrogens with one attached hydrogen (secondary N) is 1. The second kappa shape index (κ2) is 8.91. The average Bonchev–Trinajstić information content (AvgIpc) is 2.37. The lowest BCUT2D eigenvalue weighted by Crippen LogP contribution is -2.25. The summed E-state index contributed by atoms with van der Waals surface area (Å²) in [5.74, 6) is 0. The third-order valence-electron chi connectivity index (χ3n) is 2.56. The van der Waals surface area contributed by atoms with Gasteiger partial charge in [0.2, 0.25) is 0 Å². The van der Waals surface area contributed by atoms with Crippen molar-refractivity contribution in [2.75, 3.05) is 38.3 Å². The van der Waals surface area contributed by atoms with Crippen LogP contribution in [0.4, 0.5) is 5.69 Å². The van der Waals surface area contributed by atoms with E-state index in [1.54, 1.807) is 0 Å². The molecule has 102 valence electrons. The third-order valence-corrected chi connectivity index (χ3v) is 2.56. The molecule has 4 heteroatoms. The van der Waals surface area contributed by atoms with Gasteiger partial charge in [0.25, 0.3) is 0 Å². The lowest BCUT2D eigenvalue weighted by molar-refractivity contribution is 0.0103. The van der Waals surface area contributed by atoms with Crippen LogP contribution in [-0.2, 0) is 9.47 Å². The van der Waals surface area contributed by atoms with Gasteiger partial charge in [0.1, 0.15) is 0 Å². The predicted octanol–water partition coefficient (Wildman–Crippen LogP) is 1.82. The van der Waals surface area contributed by atoms with Crippen LogP contribution in [0, 0.1) is 6.92 Å². The van der Waals surface area contributed by atoms with Crippen LogP contribution < -0.4 is 5.32 Å². The molecule has 1 atom stereocenters. The largest absolute Gasteiger partial charge is 0.389 e. The Labute approximate surface area is 109 Å². The highest BCUT2D eigenvalue weighted by molar-refractivity contribution is 5.50. The van der Waals surface area contributed by atoms with E-state index in [9.17, 15) is 5.11 Å². The number of benzene rings is 1. The zero-order chi connectivity index (χ0) is 13.2. The number of aliphatic hydroxyl groups is 1. The highest BCUT2D eigenvalue weighted by atomic mass is 16.5. The van der Waals surface area contributed by atoms with E-state index in [1.807, 2.05) is 38.1 Å². The first-order valence-electron chi connectivity index (χ1n) is 6.37. The van der Waals surface area contributed by atoms with Crippen molar-refractivity contribution in [3.05, 3.63) is 29.8 Å². The second-order valence-electron chi connectivity index (χ2n) is 4.12. The lowest BCUT2D eigenvalue weighted by atomic mass is 10.2. The average molecular weight is 253 g/mol. The first kappa shape index (κ1) is 15.0. The highest BCUT2D eigenvalue weighted by Crippen LogP contribution is 2.12. The predicted molar refractivity (Wildman–Crippen MR) is 73.0 cm³/mol. The van der Waals surface area contributed by atoms with Crippen LogP contribution in [-0.4, -0.2) is 44.2 Å². The number of rotatable bonds is 9. The Morgan fingerprint density at radius 3 is 2.67 bits per heavy atom. The summed E-state index contributed by atoms with van der Waals surface area (Å²) >= 11 is 0. The Bertz CT molecular complexity index is 331. The highest BCUT2D eigenvalue weighted by Gasteiger charge is 2.04. The number of ether oxygens (including phenoxy) is 2. The van der Waals surface area contributed by atoms with Crippen LogP contribution in [0.15, 0.2) is 24.3 Å². The minimum atomic E-state index is -0.508. The van der Waals surface area contributed by atoms with E-state index in [-0.39, 0.29) is 0 Å². The van der Waals surface area contributed by atoms with Crippen molar-refractivity contribution in [3.8, 4) is 0 Å². The second-order valence-corrected chi connectivity index (χ2v) is 4.12. The Hall–Kier alpha value is -1.10. The molecule has 1 aromatic rings. The van der Waals surface area contributed by atoms with Crippen LogP contribution in [0.3, 0.4) is 0 Å². The Kier molecular flexibility index (Phi) is 7.41.